The molecule has 0 bridgehead atoms. The van der Waals surface area contributed by atoms with E-state index in [2.05, 4.69) is 15.8 Å². The number of hydrogen-bond acceptors (Lipinski definition) is 5. The number of para-hydroxylation sites is 1. The molecule has 0 atom stereocenters. The summed E-state index contributed by atoms with van der Waals surface area (Å²) < 4.78 is 11.3. The summed E-state index contributed by atoms with van der Waals surface area (Å²) in [6.45, 7) is 4.11. The van der Waals surface area contributed by atoms with Crippen LogP contribution in [0.5, 0.6) is 11.5 Å². The molecule has 8 heteroatoms. The third-order valence-corrected chi connectivity index (χ3v) is 4.66. The number of carboxylic acids is 1. The van der Waals surface area contributed by atoms with Gasteiger partial charge in [-0.15, -0.1) is 0 Å². The number of aryl methyl sites for hydroxylation is 2. The quantitative estimate of drug-likeness (QED) is 0.341. The summed E-state index contributed by atoms with van der Waals surface area (Å²) in [5.74, 6) is -0.0388. The topological polar surface area (TPSA) is 109 Å². The van der Waals surface area contributed by atoms with Gasteiger partial charge in [0.1, 0.15) is 6.61 Å². The van der Waals surface area contributed by atoms with Crippen LogP contribution in [0.25, 0.3) is 0 Å². The molecule has 33 heavy (non-hydrogen) atoms. The lowest BCUT2D eigenvalue weighted by molar-refractivity contribution is 0.0696. The summed E-state index contributed by atoms with van der Waals surface area (Å²) in [5.41, 5.74) is 6.81. The lowest BCUT2D eigenvalue weighted by Gasteiger charge is -2.13. The number of carboxylic acid groups (broad SMARTS) is 1. The van der Waals surface area contributed by atoms with Gasteiger partial charge in [-0.2, -0.15) is 5.10 Å². The number of hydrazone groups is 1. The molecule has 3 aromatic rings. The zero-order chi connectivity index (χ0) is 23.8. The van der Waals surface area contributed by atoms with Crippen LogP contribution in [0.4, 0.5) is 10.5 Å². The molecule has 3 rings (SSSR count). The van der Waals surface area contributed by atoms with Crippen molar-refractivity contribution in [1.29, 1.82) is 0 Å². The zero-order valence-corrected chi connectivity index (χ0v) is 18.6. The zero-order valence-electron chi connectivity index (χ0n) is 18.6. The molecule has 2 amide bonds. The average Bonchev–Trinajstić information content (AvgIpc) is 2.77. The van der Waals surface area contributed by atoms with Gasteiger partial charge in [-0.05, 0) is 66.9 Å². The summed E-state index contributed by atoms with van der Waals surface area (Å²) >= 11 is 0. The number of aromatic carboxylic acids is 1. The summed E-state index contributed by atoms with van der Waals surface area (Å²) in [4.78, 5) is 23.2. The predicted molar refractivity (Wildman–Crippen MR) is 126 cm³/mol. The van der Waals surface area contributed by atoms with E-state index in [0.29, 0.717) is 22.7 Å². The van der Waals surface area contributed by atoms with Crippen LogP contribution in [-0.2, 0) is 6.61 Å². The van der Waals surface area contributed by atoms with Crippen molar-refractivity contribution < 1.29 is 24.2 Å². The molecular formula is C25H25N3O5. The minimum atomic E-state index is -0.986. The van der Waals surface area contributed by atoms with E-state index in [1.165, 1.54) is 25.5 Å². The lowest BCUT2D eigenvalue weighted by atomic mass is 10.1. The van der Waals surface area contributed by atoms with Gasteiger partial charge >= 0.3 is 12.0 Å². The Morgan fingerprint density at radius 1 is 1.03 bits per heavy atom. The number of carbonyl (C=O) groups is 2. The molecule has 0 aliphatic heterocycles. The van der Waals surface area contributed by atoms with Gasteiger partial charge in [-0.25, -0.2) is 15.0 Å². The Kier molecular flexibility index (Phi) is 7.64. The molecule has 0 saturated heterocycles. The van der Waals surface area contributed by atoms with Crippen LogP contribution in [0.3, 0.4) is 0 Å². The van der Waals surface area contributed by atoms with Gasteiger partial charge in [0.2, 0.25) is 0 Å². The van der Waals surface area contributed by atoms with Gasteiger partial charge in [-0.1, -0.05) is 24.3 Å². The number of anilines is 1. The van der Waals surface area contributed by atoms with E-state index in [9.17, 15) is 9.59 Å². The molecule has 0 aliphatic carbocycles. The molecule has 8 nitrogen and oxygen atoms in total. The highest BCUT2D eigenvalue weighted by Gasteiger charge is 2.11. The van der Waals surface area contributed by atoms with E-state index in [1.807, 2.05) is 32.0 Å². The number of nitrogens with zero attached hydrogens (tertiary/aromatic N) is 1. The number of benzene rings is 3. The summed E-state index contributed by atoms with van der Waals surface area (Å²) in [6, 6.07) is 17.0. The van der Waals surface area contributed by atoms with Crippen molar-refractivity contribution in [2.75, 3.05) is 12.4 Å². The maximum atomic E-state index is 12.2. The van der Waals surface area contributed by atoms with Gasteiger partial charge in [0.25, 0.3) is 0 Å². The van der Waals surface area contributed by atoms with Crippen molar-refractivity contribution in [3.05, 3.63) is 88.5 Å². The van der Waals surface area contributed by atoms with Gasteiger partial charge in [0.15, 0.2) is 11.5 Å². The molecule has 0 spiro atoms. The molecule has 0 heterocycles. The van der Waals surface area contributed by atoms with Crippen molar-refractivity contribution >= 4 is 23.9 Å². The molecule has 0 aliphatic rings. The maximum absolute atomic E-state index is 12.2. The highest BCUT2D eigenvalue weighted by molar-refractivity contribution is 5.91. The molecule has 170 valence electrons. The van der Waals surface area contributed by atoms with E-state index >= 15 is 0 Å². The maximum Gasteiger partial charge on any atom is 0.339 e. The minimum absolute atomic E-state index is 0.196. The molecule has 3 aromatic carbocycles. The SMILES string of the molecule is COc1cccc(/C=N/NC(=O)Nc2cc(C)cc(C)c2)c1OCc1ccc(C(=O)O)cc1. The monoisotopic (exact) mass is 447 g/mol. The fourth-order valence-corrected chi connectivity index (χ4v) is 3.22. The van der Waals surface area contributed by atoms with Crippen LogP contribution in [0.1, 0.15) is 32.6 Å². The normalized spacial score (nSPS) is 10.6. The van der Waals surface area contributed by atoms with Crippen LogP contribution in [0.15, 0.2) is 65.8 Å². The highest BCUT2D eigenvalue weighted by atomic mass is 16.5. The highest BCUT2D eigenvalue weighted by Crippen LogP contribution is 2.31. The Morgan fingerprint density at radius 3 is 2.36 bits per heavy atom. The third kappa shape index (κ3) is 6.57. The number of amides is 2. The number of ether oxygens (including phenoxy) is 2. The fourth-order valence-electron chi connectivity index (χ4n) is 3.22. The molecular weight excluding hydrogens is 422 g/mol. The van der Waals surface area contributed by atoms with Crippen LogP contribution < -0.4 is 20.2 Å². The molecule has 0 aromatic heterocycles. The van der Waals surface area contributed by atoms with Crippen LogP contribution in [0, 0.1) is 13.8 Å². The first-order valence-corrected chi connectivity index (χ1v) is 10.2. The third-order valence-electron chi connectivity index (χ3n) is 4.66. The molecule has 0 radical (unpaired) electrons. The van der Waals surface area contributed by atoms with E-state index in [4.69, 9.17) is 14.6 Å². The van der Waals surface area contributed by atoms with Gasteiger partial charge in [0.05, 0.1) is 18.9 Å². The van der Waals surface area contributed by atoms with Crippen molar-refractivity contribution in [1.82, 2.24) is 5.43 Å². The number of methoxy groups -OCH3 is 1. The first kappa shape index (κ1) is 23.3. The van der Waals surface area contributed by atoms with Crippen LogP contribution >= 0.6 is 0 Å². The summed E-state index contributed by atoms with van der Waals surface area (Å²) in [7, 11) is 1.53. The number of hydrogen-bond donors (Lipinski definition) is 3. The van der Waals surface area contributed by atoms with E-state index in [0.717, 1.165) is 16.7 Å². The first-order chi connectivity index (χ1) is 15.9. The smallest absolute Gasteiger partial charge is 0.339 e. The Morgan fingerprint density at radius 2 is 1.73 bits per heavy atom. The van der Waals surface area contributed by atoms with Crippen molar-refractivity contribution in [2.24, 2.45) is 5.10 Å². The summed E-state index contributed by atoms with van der Waals surface area (Å²) in [5, 5.41) is 15.8. The second-order valence-electron chi connectivity index (χ2n) is 7.37. The fraction of sp³-hybridized carbons (Fsp3) is 0.160. The second kappa shape index (κ2) is 10.8. The van der Waals surface area contributed by atoms with Crippen molar-refractivity contribution in [2.45, 2.75) is 20.5 Å². The summed E-state index contributed by atoms with van der Waals surface area (Å²) in [6.07, 6.45) is 1.46. The minimum Gasteiger partial charge on any atom is -0.493 e. The Bertz CT molecular complexity index is 1150. The van der Waals surface area contributed by atoms with Gasteiger partial charge in [-0.3, -0.25) is 0 Å². The van der Waals surface area contributed by atoms with E-state index in [-0.39, 0.29) is 12.2 Å². The number of carbonyl (C=O) groups excluding carboxylic acids is 1. The van der Waals surface area contributed by atoms with E-state index in [1.54, 1.807) is 30.3 Å². The van der Waals surface area contributed by atoms with Crippen LogP contribution in [0.2, 0.25) is 0 Å². The first-order valence-electron chi connectivity index (χ1n) is 10.2. The Hall–Kier alpha value is -4.33. The van der Waals surface area contributed by atoms with Crippen LogP contribution in [-0.4, -0.2) is 30.4 Å². The molecule has 0 unspecified atom stereocenters. The molecule has 3 N–H and O–H groups in total. The molecule has 0 saturated carbocycles. The Labute approximate surface area is 191 Å². The number of urea groups is 1. The lowest BCUT2D eigenvalue weighted by Crippen LogP contribution is -2.24. The van der Waals surface area contributed by atoms with Crippen molar-refractivity contribution in [3.8, 4) is 11.5 Å². The Balaban J connectivity index is 1.67. The van der Waals surface area contributed by atoms with Gasteiger partial charge < -0.3 is 19.9 Å². The largest absolute Gasteiger partial charge is 0.493 e. The average molecular weight is 447 g/mol. The number of rotatable bonds is 8. The van der Waals surface area contributed by atoms with Crippen molar-refractivity contribution in [3.63, 3.8) is 0 Å². The predicted octanol–water partition coefficient (Wildman–Crippen LogP) is 4.74. The second-order valence-corrected chi connectivity index (χ2v) is 7.37. The van der Waals surface area contributed by atoms with Gasteiger partial charge in [0, 0.05) is 11.3 Å². The number of nitrogens with one attached hydrogen (secondary N) is 2. The standard InChI is InChI=1S/C25H25N3O5/c1-16-11-17(2)13-21(12-16)27-25(31)28-26-14-20-5-4-6-22(32-3)23(20)33-15-18-7-9-19(10-8-18)24(29)30/h4-14H,15H2,1-3H3,(H,29,30)(H2,27,28,31)/b26-14+. The molecule has 0 fully saturated rings. The van der Waals surface area contributed by atoms with E-state index < -0.39 is 12.0 Å².